The lowest BCUT2D eigenvalue weighted by Gasteiger charge is -1.98. The average molecular weight is 187 g/mol. The third-order valence-corrected chi connectivity index (χ3v) is 1.36. The monoisotopic (exact) mass is 187 g/mol. The summed E-state index contributed by atoms with van der Waals surface area (Å²) in [6, 6.07) is 3.42. The summed E-state index contributed by atoms with van der Waals surface area (Å²) in [5, 5.41) is 0. The second kappa shape index (κ2) is 6.54. The lowest BCUT2D eigenvalue weighted by Crippen LogP contribution is -2.03. The molecule has 3 heteroatoms. The SMILES string of the molecule is CC.NCCc1cc(F)cc(F)c1. The lowest BCUT2D eigenvalue weighted by molar-refractivity contribution is 0.579. The summed E-state index contributed by atoms with van der Waals surface area (Å²) in [6.07, 6.45) is 0.509. The Kier molecular flexibility index (Phi) is 6.06. The Bertz CT molecular complexity index is 228. The van der Waals surface area contributed by atoms with Crippen LogP contribution < -0.4 is 5.73 Å². The van der Waals surface area contributed by atoms with E-state index in [0.717, 1.165) is 6.07 Å². The molecule has 0 aromatic heterocycles. The second-order valence-corrected chi connectivity index (χ2v) is 2.32. The van der Waals surface area contributed by atoms with Gasteiger partial charge in [-0.15, -0.1) is 0 Å². The predicted molar refractivity (Wildman–Crippen MR) is 50.5 cm³/mol. The second-order valence-electron chi connectivity index (χ2n) is 2.32. The van der Waals surface area contributed by atoms with Crippen LogP contribution in [0.25, 0.3) is 0 Å². The Morgan fingerprint density at radius 1 is 1.08 bits per heavy atom. The van der Waals surface area contributed by atoms with Crippen molar-refractivity contribution in [3.8, 4) is 0 Å². The molecule has 0 aliphatic rings. The normalized spacial score (nSPS) is 9.00. The van der Waals surface area contributed by atoms with E-state index in [1.54, 1.807) is 0 Å². The average Bonchev–Trinajstić information content (AvgIpc) is 2.06. The molecule has 0 saturated carbocycles. The minimum atomic E-state index is -0.548. The zero-order valence-corrected chi connectivity index (χ0v) is 7.98. The molecule has 0 saturated heterocycles. The van der Waals surface area contributed by atoms with Crippen molar-refractivity contribution < 1.29 is 8.78 Å². The van der Waals surface area contributed by atoms with Gasteiger partial charge in [-0.3, -0.25) is 0 Å². The summed E-state index contributed by atoms with van der Waals surface area (Å²) < 4.78 is 24.9. The van der Waals surface area contributed by atoms with Crippen LogP contribution in [0.2, 0.25) is 0 Å². The Labute approximate surface area is 77.6 Å². The molecule has 0 bridgehead atoms. The van der Waals surface area contributed by atoms with Gasteiger partial charge in [-0.25, -0.2) is 8.78 Å². The number of benzene rings is 1. The molecule has 0 amide bonds. The minimum Gasteiger partial charge on any atom is -0.330 e. The first-order valence-corrected chi connectivity index (χ1v) is 4.37. The highest BCUT2D eigenvalue weighted by Crippen LogP contribution is 2.07. The van der Waals surface area contributed by atoms with Gasteiger partial charge in [-0.2, -0.15) is 0 Å². The minimum absolute atomic E-state index is 0.406. The van der Waals surface area contributed by atoms with Crippen LogP contribution >= 0.6 is 0 Å². The Balaban J connectivity index is 0.000000671. The van der Waals surface area contributed by atoms with Crippen molar-refractivity contribution in [3.63, 3.8) is 0 Å². The molecule has 13 heavy (non-hydrogen) atoms. The fourth-order valence-corrected chi connectivity index (χ4v) is 0.922. The molecule has 1 aromatic carbocycles. The molecule has 74 valence electrons. The zero-order chi connectivity index (χ0) is 10.3. The lowest BCUT2D eigenvalue weighted by atomic mass is 10.1. The molecule has 1 nitrogen and oxygen atoms in total. The third-order valence-electron chi connectivity index (χ3n) is 1.36. The number of halogens is 2. The smallest absolute Gasteiger partial charge is 0.126 e. The van der Waals surface area contributed by atoms with Gasteiger partial charge in [0.25, 0.3) is 0 Å². The predicted octanol–water partition coefficient (Wildman–Crippen LogP) is 2.49. The quantitative estimate of drug-likeness (QED) is 0.756. The maximum Gasteiger partial charge on any atom is 0.126 e. The largest absolute Gasteiger partial charge is 0.330 e. The highest BCUT2D eigenvalue weighted by Gasteiger charge is 1.98. The van der Waals surface area contributed by atoms with Crippen molar-refractivity contribution in [1.29, 1.82) is 0 Å². The Hall–Kier alpha value is -0.960. The molecule has 0 unspecified atom stereocenters. The molecule has 0 aliphatic heterocycles. The van der Waals surface area contributed by atoms with Crippen LogP contribution in [0.1, 0.15) is 19.4 Å². The van der Waals surface area contributed by atoms with Gasteiger partial charge < -0.3 is 5.73 Å². The van der Waals surface area contributed by atoms with Crippen molar-refractivity contribution >= 4 is 0 Å². The van der Waals surface area contributed by atoms with Crippen LogP contribution in [0, 0.1) is 11.6 Å². The zero-order valence-electron chi connectivity index (χ0n) is 7.98. The van der Waals surface area contributed by atoms with Crippen molar-refractivity contribution in [1.82, 2.24) is 0 Å². The first-order chi connectivity index (χ1) is 6.22. The summed E-state index contributed by atoms with van der Waals surface area (Å²) >= 11 is 0. The van der Waals surface area contributed by atoms with Crippen molar-refractivity contribution in [2.75, 3.05) is 6.54 Å². The molecule has 0 heterocycles. The third kappa shape index (κ3) is 4.58. The maximum atomic E-state index is 12.5. The number of rotatable bonds is 2. The summed E-state index contributed by atoms with van der Waals surface area (Å²) in [7, 11) is 0. The summed E-state index contributed by atoms with van der Waals surface area (Å²) in [4.78, 5) is 0. The molecule has 2 N–H and O–H groups in total. The van der Waals surface area contributed by atoms with Crippen molar-refractivity contribution in [3.05, 3.63) is 35.4 Å². The van der Waals surface area contributed by atoms with Crippen molar-refractivity contribution in [2.24, 2.45) is 5.73 Å². The van der Waals surface area contributed by atoms with Gasteiger partial charge in [0.15, 0.2) is 0 Å². The van der Waals surface area contributed by atoms with E-state index in [-0.39, 0.29) is 0 Å². The van der Waals surface area contributed by atoms with Crippen LogP contribution in [0.3, 0.4) is 0 Å². The van der Waals surface area contributed by atoms with Gasteiger partial charge in [0.2, 0.25) is 0 Å². The van der Waals surface area contributed by atoms with Crippen LogP contribution in [-0.4, -0.2) is 6.54 Å². The van der Waals surface area contributed by atoms with E-state index in [0.29, 0.717) is 18.5 Å². The van der Waals surface area contributed by atoms with E-state index in [9.17, 15) is 8.78 Å². The van der Waals surface area contributed by atoms with E-state index < -0.39 is 11.6 Å². The number of hydrogen-bond donors (Lipinski definition) is 1. The summed E-state index contributed by atoms with van der Waals surface area (Å²) in [5.74, 6) is -1.10. The van der Waals surface area contributed by atoms with E-state index in [2.05, 4.69) is 0 Å². The first kappa shape index (κ1) is 12.0. The van der Waals surface area contributed by atoms with Gasteiger partial charge >= 0.3 is 0 Å². The number of nitrogens with two attached hydrogens (primary N) is 1. The molecule has 0 aliphatic carbocycles. The van der Waals surface area contributed by atoms with E-state index in [4.69, 9.17) is 5.73 Å². The molecule has 1 aromatic rings. The fourth-order valence-electron chi connectivity index (χ4n) is 0.922. The molecule has 0 fully saturated rings. The Morgan fingerprint density at radius 3 is 1.92 bits per heavy atom. The van der Waals surface area contributed by atoms with Crippen LogP contribution in [0.4, 0.5) is 8.78 Å². The topological polar surface area (TPSA) is 26.0 Å². The van der Waals surface area contributed by atoms with Crippen LogP contribution in [0.5, 0.6) is 0 Å². The van der Waals surface area contributed by atoms with Gasteiger partial charge in [0.05, 0.1) is 0 Å². The first-order valence-electron chi connectivity index (χ1n) is 4.37. The Morgan fingerprint density at radius 2 is 1.54 bits per heavy atom. The standard InChI is InChI=1S/C8H9F2N.C2H6/c9-7-3-6(1-2-11)4-8(10)5-7;1-2/h3-5H,1-2,11H2;1-2H3. The van der Waals surface area contributed by atoms with Gasteiger partial charge in [-0.05, 0) is 30.7 Å². The van der Waals surface area contributed by atoms with Gasteiger partial charge in [0, 0.05) is 6.07 Å². The maximum absolute atomic E-state index is 12.5. The van der Waals surface area contributed by atoms with Crippen LogP contribution in [-0.2, 0) is 6.42 Å². The fraction of sp³-hybridized carbons (Fsp3) is 0.400. The van der Waals surface area contributed by atoms with Gasteiger partial charge in [0.1, 0.15) is 11.6 Å². The van der Waals surface area contributed by atoms with E-state index in [1.165, 1.54) is 12.1 Å². The highest BCUT2D eigenvalue weighted by molar-refractivity contribution is 5.17. The van der Waals surface area contributed by atoms with Crippen LogP contribution in [0.15, 0.2) is 18.2 Å². The highest BCUT2D eigenvalue weighted by atomic mass is 19.1. The molecular weight excluding hydrogens is 172 g/mol. The molecule has 0 atom stereocenters. The van der Waals surface area contributed by atoms with Gasteiger partial charge in [-0.1, -0.05) is 13.8 Å². The molecular formula is C10H15F2N. The molecule has 1 rings (SSSR count). The molecule has 0 radical (unpaired) electrons. The van der Waals surface area contributed by atoms with E-state index in [1.807, 2.05) is 13.8 Å². The molecule has 0 spiro atoms. The van der Waals surface area contributed by atoms with E-state index >= 15 is 0 Å². The number of hydrogen-bond acceptors (Lipinski definition) is 1. The summed E-state index contributed by atoms with van der Waals surface area (Å²) in [6.45, 7) is 4.41. The van der Waals surface area contributed by atoms with Crippen molar-refractivity contribution in [2.45, 2.75) is 20.3 Å². The summed E-state index contributed by atoms with van der Waals surface area (Å²) in [5.41, 5.74) is 5.82.